The highest BCUT2D eigenvalue weighted by Crippen LogP contribution is 2.37. The molecule has 0 saturated carbocycles. The predicted molar refractivity (Wildman–Crippen MR) is 93.6 cm³/mol. The Kier molecular flexibility index (Phi) is 5.96. The molecule has 0 radical (unpaired) electrons. The average Bonchev–Trinajstić information content (AvgIpc) is 2.71. The second-order valence-electron chi connectivity index (χ2n) is 4.22. The van der Waals surface area contributed by atoms with E-state index in [-0.39, 0.29) is 6.04 Å². The van der Waals surface area contributed by atoms with Gasteiger partial charge in [0.05, 0.1) is 14.7 Å². The van der Waals surface area contributed by atoms with Gasteiger partial charge in [-0.3, -0.25) is 0 Å². The zero-order valence-electron chi connectivity index (χ0n) is 10.4. The lowest BCUT2D eigenvalue weighted by atomic mass is 10.0. The van der Waals surface area contributed by atoms with Gasteiger partial charge in [-0.05, 0) is 59.3 Å². The van der Waals surface area contributed by atoms with Gasteiger partial charge in [0.1, 0.15) is 0 Å². The molecule has 0 spiro atoms. The molecule has 5 heteroatoms. The van der Waals surface area contributed by atoms with Crippen molar-refractivity contribution >= 4 is 57.1 Å². The molecule has 0 bridgehead atoms. The standard InChI is InChI=1S/C14H14Cl2INS/c1-2-7-18-13(9-3-5-10(17)6-4-9)11-8-12(15)19-14(11)16/h3-6,8,13,18H,2,7H2,1H3. The van der Waals surface area contributed by atoms with Gasteiger partial charge >= 0.3 is 0 Å². The van der Waals surface area contributed by atoms with Crippen molar-refractivity contribution in [3.8, 4) is 0 Å². The van der Waals surface area contributed by atoms with Crippen LogP contribution in [0.1, 0.15) is 30.5 Å². The molecule has 2 aromatic rings. The SMILES string of the molecule is CCCNC(c1ccc(I)cc1)c1cc(Cl)sc1Cl. The summed E-state index contributed by atoms with van der Waals surface area (Å²) in [6.07, 6.45) is 1.08. The number of hydrogen-bond acceptors (Lipinski definition) is 2. The molecule has 0 aliphatic rings. The van der Waals surface area contributed by atoms with Crippen LogP contribution >= 0.6 is 57.1 Å². The Morgan fingerprint density at radius 1 is 1.26 bits per heavy atom. The maximum atomic E-state index is 6.29. The number of rotatable bonds is 5. The summed E-state index contributed by atoms with van der Waals surface area (Å²) in [5.74, 6) is 0. The molecule has 1 N–H and O–H groups in total. The predicted octanol–water partition coefficient (Wildman–Crippen LogP) is 5.75. The molecule has 1 heterocycles. The van der Waals surface area contributed by atoms with Gasteiger partial charge in [-0.2, -0.15) is 0 Å². The van der Waals surface area contributed by atoms with E-state index in [1.54, 1.807) is 0 Å². The van der Waals surface area contributed by atoms with Crippen molar-refractivity contribution in [1.82, 2.24) is 5.32 Å². The Hall–Kier alpha value is 0.190. The van der Waals surface area contributed by atoms with Crippen LogP contribution in [-0.2, 0) is 0 Å². The van der Waals surface area contributed by atoms with E-state index in [0.717, 1.165) is 27.2 Å². The number of hydrogen-bond donors (Lipinski definition) is 1. The molecule has 0 amide bonds. The molecule has 1 aromatic heterocycles. The highest BCUT2D eigenvalue weighted by Gasteiger charge is 2.18. The first-order chi connectivity index (χ1) is 9.11. The minimum absolute atomic E-state index is 0.105. The quantitative estimate of drug-likeness (QED) is 0.601. The normalized spacial score (nSPS) is 12.6. The van der Waals surface area contributed by atoms with Crippen LogP contribution in [0.5, 0.6) is 0 Å². The van der Waals surface area contributed by atoms with Crippen molar-refractivity contribution in [2.75, 3.05) is 6.54 Å². The molecule has 1 unspecified atom stereocenters. The Morgan fingerprint density at radius 3 is 2.47 bits per heavy atom. The molecule has 102 valence electrons. The first kappa shape index (κ1) is 15.6. The Balaban J connectivity index is 2.35. The van der Waals surface area contributed by atoms with Crippen LogP contribution < -0.4 is 5.32 Å². The maximum absolute atomic E-state index is 6.29. The van der Waals surface area contributed by atoms with Crippen molar-refractivity contribution < 1.29 is 0 Å². The fourth-order valence-corrected chi connectivity index (χ4v) is 3.79. The van der Waals surface area contributed by atoms with Gasteiger partial charge < -0.3 is 5.32 Å². The largest absolute Gasteiger partial charge is 0.306 e. The van der Waals surface area contributed by atoms with E-state index in [4.69, 9.17) is 23.2 Å². The summed E-state index contributed by atoms with van der Waals surface area (Å²) in [4.78, 5) is 0. The molecular weight excluding hydrogens is 412 g/mol. The fraction of sp³-hybridized carbons (Fsp3) is 0.286. The van der Waals surface area contributed by atoms with E-state index in [0.29, 0.717) is 0 Å². The van der Waals surface area contributed by atoms with Gasteiger partial charge in [-0.1, -0.05) is 42.3 Å². The van der Waals surface area contributed by atoms with Crippen LogP contribution in [-0.4, -0.2) is 6.54 Å². The van der Waals surface area contributed by atoms with Crippen LogP contribution in [0.2, 0.25) is 8.67 Å². The second-order valence-corrected chi connectivity index (χ2v) is 7.75. The molecular formula is C14H14Cl2INS. The number of halogens is 3. The van der Waals surface area contributed by atoms with Crippen molar-refractivity contribution in [3.63, 3.8) is 0 Å². The lowest BCUT2D eigenvalue weighted by Crippen LogP contribution is -2.23. The molecule has 0 fully saturated rings. The van der Waals surface area contributed by atoms with Crippen LogP contribution in [0.3, 0.4) is 0 Å². The van der Waals surface area contributed by atoms with Gasteiger partial charge in [-0.25, -0.2) is 0 Å². The maximum Gasteiger partial charge on any atom is 0.0995 e. The molecule has 0 saturated heterocycles. The van der Waals surface area contributed by atoms with E-state index < -0.39 is 0 Å². The summed E-state index contributed by atoms with van der Waals surface area (Å²) in [5.41, 5.74) is 2.27. The van der Waals surface area contributed by atoms with Crippen molar-refractivity contribution in [2.24, 2.45) is 0 Å². The van der Waals surface area contributed by atoms with Gasteiger partial charge in [-0.15, -0.1) is 11.3 Å². The van der Waals surface area contributed by atoms with Crippen LogP contribution in [0, 0.1) is 3.57 Å². The first-order valence-corrected chi connectivity index (χ1v) is 8.70. The third-order valence-electron chi connectivity index (χ3n) is 2.80. The number of benzene rings is 1. The lowest BCUT2D eigenvalue weighted by Gasteiger charge is -2.19. The summed E-state index contributed by atoms with van der Waals surface area (Å²) < 4.78 is 2.72. The van der Waals surface area contributed by atoms with E-state index in [2.05, 4.69) is 59.1 Å². The third kappa shape index (κ3) is 4.08. The van der Waals surface area contributed by atoms with E-state index in [9.17, 15) is 0 Å². The van der Waals surface area contributed by atoms with Crippen LogP contribution in [0.15, 0.2) is 30.3 Å². The highest BCUT2D eigenvalue weighted by atomic mass is 127. The zero-order valence-corrected chi connectivity index (χ0v) is 14.9. The third-order valence-corrected chi connectivity index (χ3v) is 5.03. The smallest absolute Gasteiger partial charge is 0.0995 e. The average molecular weight is 426 g/mol. The van der Waals surface area contributed by atoms with Gasteiger partial charge in [0.2, 0.25) is 0 Å². The molecule has 1 atom stereocenters. The minimum atomic E-state index is 0.105. The summed E-state index contributed by atoms with van der Waals surface area (Å²) in [5, 5.41) is 3.54. The van der Waals surface area contributed by atoms with Gasteiger partial charge in [0.15, 0.2) is 0 Å². The summed E-state index contributed by atoms with van der Waals surface area (Å²) >= 11 is 16.1. The Bertz CT molecular complexity index is 539. The Morgan fingerprint density at radius 2 is 1.95 bits per heavy atom. The van der Waals surface area contributed by atoms with Crippen LogP contribution in [0.25, 0.3) is 0 Å². The number of nitrogens with one attached hydrogen (secondary N) is 1. The van der Waals surface area contributed by atoms with Crippen molar-refractivity contribution in [2.45, 2.75) is 19.4 Å². The first-order valence-electron chi connectivity index (χ1n) is 6.05. The van der Waals surface area contributed by atoms with Crippen molar-refractivity contribution in [3.05, 3.63) is 53.7 Å². The summed E-state index contributed by atoms with van der Waals surface area (Å²) in [6.45, 7) is 3.10. The fourth-order valence-electron chi connectivity index (χ4n) is 1.90. The molecule has 19 heavy (non-hydrogen) atoms. The number of thiophene rings is 1. The molecule has 0 aliphatic heterocycles. The molecule has 0 aliphatic carbocycles. The van der Waals surface area contributed by atoms with Gasteiger partial charge in [0.25, 0.3) is 0 Å². The second kappa shape index (κ2) is 7.27. The summed E-state index contributed by atoms with van der Waals surface area (Å²) in [6, 6.07) is 10.6. The lowest BCUT2D eigenvalue weighted by molar-refractivity contribution is 0.600. The monoisotopic (exact) mass is 425 g/mol. The topological polar surface area (TPSA) is 12.0 Å². The van der Waals surface area contributed by atoms with E-state index >= 15 is 0 Å². The molecule has 1 aromatic carbocycles. The van der Waals surface area contributed by atoms with Crippen LogP contribution in [0.4, 0.5) is 0 Å². The molecule has 1 nitrogen and oxygen atoms in total. The Labute approximate surface area is 141 Å². The minimum Gasteiger partial charge on any atom is -0.306 e. The molecule has 2 rings (SSSR count). The van der Waals surface area contributed by atoms with Crippen molar-refractivity contribution in [1.29, 1.82) is 0 Å². The summed E-state index contributed by atoms with van der Waals surface area (Å²) in [7, 11) is 0. The highest BCUT2D eigenvalue weighted by molar-refractivity contribution is 14.1. The zero-order chi connectivity index (χ0) is 13.8. The van der Waals surface area contributed by atoms with Gasteiger partial charge in [0, 0.05) is 9.13 Å². The van der Waals surface area contributed by atoms with E-state index in [1.807, 2.05) is 6.07 Å². The van der Waals surface area contributed by atoms with E-state index in [1.165, 1.54) is 20.5 Å².